The minimum absolute atomic E-state index is 0.218. The molecule has 0 radical (unpaired) electrons. The summed E-state index contributed by atoms with van der Waals surface area (Å²) < 4.78 is 5.53. The number of nitrogens with zero attached hydrogens (tertiary/aromatic N) is 1. The highest BCUT2D eigenvalue weighted by Crippen LogP contribution is 2.37. The first-order valence-corrected chi connectivity index (χ1v) is 7.46. The second-order valence-electron chi connectivity index (χ2n) is 5.02. The van der Waals surface area contributed by atoms with Crippen molar-refractivity contribution in [2.75, 3.05) is 13.2 Å². The van der Waals surface area contributed by atoms with Gasteiger partial charge < -0.3 is 15.4 Å². The zero-order chi connectivity index (χ0) is 15.4. The molecule has 2 amide bonds. The third-order valence-electron chi connectivity index (χ3n) is 3.52. The van der Waals surface area contributed by atoms with Crippen LogP contribution in [0.2, 0.25) is 5.02 Å². The number of amides is 2. The number of nitrogens with one attached hydrogen (secondary N) is 2. The zero-order valence-electron chi connectivity index (χ0n) is 11.9. The number of hydrogen-bond donors (Lipinski definition) is 2. The Balaban J connectivity index is 1.51. The summed E-state index contributed by atoms with van der Waals surface area (Å²) in [6.07, 6.45) is 4.24. The Morgan fingerprint density at radius 2 is 2.14 bits per heavy atom. The number of ether oxygens (including phenoxy) is 1. The molecule has 1 unspecified atom stereocenters. The van der Waals surface area contributed by atoms with Gasteiger partial charge in [-0.3, -0.25) is 4.98 Å². The van der Waals surface area contributed by atoms with Gasteiger partial charge in [0.25, 0.3) is 0 Å². The molecule has 1 aromatic heterocycles. The van der Waals surface area contributed by atoms with Crippen molar-refractivity contribution in [1.29, 1.82) is 0 Å². The SMILES string of the molecule is O=C(NCCc1ccncc1)NC1COc2cccc(Cl)c21. The number of hydrogen-bond acceptors (Lipinski definition) is 3. The molecule has 0 spiro atoms. The first kappa shape index (κ1) is 14.7. The van der Waals surface area contributed by atoms with Crippen LogP contribution in [-0.4, -0.2) is 24.2 Å². The summed E-state index contributed by atoms with van der Waals surface area (Å²) in [5.74, 6) is 0.731. The average Bonchev–Trinajstić information content (AvgIpc) is 2.93. The van der Waals surface area contributed by atoms with E-state index < -0.39 is 0 Å². The average molecular weight is 318 g/mol. The van der Waals surface area contributed by atoms with E-state index in [0.29, 0.717) is 18.2 Å². The van der Waals surface area contributed by atoms with E-state index in [1.54, 1.807) is 18.5 Å². The molecule has 0 saturated carbocycles. The van der Waals surface area contributed by atoms with Crippen molar-refractivity contribution >= 4 is 17.6 Å². The molecule has 3 rings (SSSR count). The Hall–Kier alpha value is -2.27. The first-order valence-electron chi connectivity index (χ1n) is 7.08. The lowest BCUT2D eigenvalue weighted by Crippen LogP contribution is -2.39. The van der Waals surface area contributed by atoms with Crippen LogP contribution < -0.4 is 15.4 Å². The molecule has 0 bridgehead atoms. The summed E-state index contributed by atoms with van der Waals surface area (Å²) in [5, 5.41) is 6.34. The van der Waals surface area contributed by atoms with Crippen molar-refractivity contribution < 1.29 is 9.53 Å². The summed E-state index contributed by atoms with van der Waals surface area (Å²) >= 11 is 6.17. The minimum Gasteiger partial charge on any atom is -0.491 e. The van der Waals surface area contributed by atoms with Gasteiger partial charge in [0.1, 0.15) is 12.4 Å². The van der Waals surface area contributed by atoms with Crippen LogP contribution in [0.3, 0.4) is 0 Å². The van der Waals surface area contributed by atoms with Crippen LogP contribution in [0.15, 0.2) is 42.7 Å². The Morgan fingerprint density at radius 3 is 2.95 bits per heavy atom. The van der Waals surface area contributed by atoms with Crippen molar-refractivity contribution in [2.24, 2.45) is 0 Å². The predicted molar refractivity (Wildman–Crippen MR) is 84.2 cm³/mol. The molecule has 1 aliphatic rings. The van der Waals surface area contributed by atoms with E-state index in [1.165, 1.54) is 0 Å². The summed E-state index contributed by atoms with van der Waals surface area (Å²) in [6, 6.07) is 8.90. The van der Waals surface area contributed by atoms with Gasteiger partial charge in [-0.2, -0.15) is 0 Å². The third kappa shape index (κ3) is 3.31. The molecule has 5 nitrogen and oxygen atoms in total. The van der Waals surface area contributed by atoms with Gasteiger partial charge in [-0.25, -0.2) is 4.79 Å². The third-order valence-corrected chi connectivity index (χ3v) is 3.85. The Kier molecular flexibility index (Phi) is 4.44. The molecule has 22 heavy (non-hydrogen) atoms. The van der Waals surface area contributed by atoms with Crippen molar-refractivity contribution in [2.45, 2.75) is 12.5 Å². The molecule has 6 heteroatoms. The normalized spacial score (nSPS) is 15.8. The van der Waals surface area contributed by atoms with Crippen LogP contribution in [0.25, 0.3) is 0 Å². The second kappa shape index (κ2) is 6.66. The van der Waals surface area contributed by atoms with Crippen LogP contribution in [0.4, 0.5) is 4.79 Å². The largest absolute Gasteiger partial charge is 0.491 e. The number of aromatic nitrogens is 1. The van der Waals surface area contributed by atoms with Gasteiger partial charge in [0, 0.05) is 29.5 Å². The van der Waals surface area contributed by atoms with Gasteiger partial charge >= 0.3 is 6.03 Å². The monoisotopic (exact) mass is 317 g/mol. The number of urea groups is 1. The van der Waals surface area contributed by atoms with Crippen LogP contribution in [-0.2, 0) is 6.42 Å². The van der Waals surface area contributed by atoms with E-state index in [-0.39, 0.29) is 12.1 Å². The summed E-state index contributed by atoms with van der Waals surface area (Å²) in [7, 11) is 0. The second-order valence-corrected chi connectivity index (χ2v) is 5.43. The molecule has 2 aromatic rings. The fourth-order valence-corrected chi connectivity index (χ4v) is 2.73. The predicted octanol–water partition coefficient (Wildman–Crippen LogP) is 2.71. The molecule has 1 aliphatic heterocycles. The summed E-state index contributed by atoms with van der Waals surface area (Å²) in [5.41, 5.74) is 1.97. The molecule has 0 fully saturated rings. The van der Waals surface area contributed by atoms with E-state index in [2.05, 4.69) is 15.6 Å². The maximum Gasteiger partial charge on any atom is 0.315 e. The number of pyridine rings is 1. The molecule has 1 atom stereocenters. The number of carbonyl (C=O) groups is 1. The Morgan fingerprint density at radius 1 is 1.32 bits per heavy atom. The molecule has 0 aliphatic carbocycles. The van der Waals surface area contributed by atoms with E-state index >= 15 is 0 Å². The highest BCUT2D eigenvalue weighted by Gasteiger charge is 2.27. The molecule has 114 valence electrons. The number of rotatable bonds is 4. The Labute approximate surface area is 133 Å². The van der Waals surface area contributed by atoms with Crippen molar-refractivity contribution in [3.8, 4) is 5.75 Å². The topological polar surface area (TPSA) is 63.2 Å². The lowest BCUT2D eigenvalue weighted by Gasteiger charge is -2.13. The van der Waals surface area contributed by atoms with E-state index in [9.17, 15) is 4.79 Å². The number of benzene rings is 1. The van der Waals surface area contributed by atoms with Gasteiger partial charge in [-0.05, 0) is 36.2 Å². The maximum atomic E-state index is 12.0. The van der Waals surface area contributed by atoms with Crippen LogP contribution in [0.1, 0.15) is 17.2 Å². The smallest absolute Gasteiger partial charge is 0.315 e. The van der Waals surface area contributed by atoms with Crippen LogP contribution >= 0.6 is 11.6 Å². The number of carbonyl (C=O) groups excluding carboxylic acids is 1. The lowest BCUT2D eigenvalue weighted by atomic mass is 10.1. The number of fused-ring (bicyclic) bond motifs is 1. The van der Waals surface area contributed by atoms with Gasteiger partial charge in [-0.1, -0.05) is 17.7 Å². The molecular formula is C16H16ClN3O2. The molecule has 2 heterocycles. The van der Waals surface area contributed by atoms with Crippen LogP contribution in [0.5, 0.6) is 5.75 Å². The standard InChI is InChI=1S/C16H16ClN3O2/c17-12-2-1-3-14-15(12)13(10-22-14)20-16(21)19-9-6-11-4-7-18-8-5-11/h1-5,7-8,13H,6,9-10H2,(H2,19,20,21). The fourth-order valence-electron chi connectivity index (χ4n) is 2.43. The molecule has 2 N–H and O–H groups in total. The highest BCUT2D eigenvalue weighted by atomic mass is 35.5. The van der Waals surface area contributed by atoms with Gasteiger partial charge in [0.15, 0.2) is 0 Å². The molecule has 0 saturated heterocycles. The van der Waals surface area contributed by atoms with Crippen molar-refractivity contribution in [3.05, 3.63) is 58.9 Å². The maximum absolute atomic E-state index is 12.0. The van der Waals surface area contributed by atoms with Crippen molar-refractivity contribution in [3.63, 3.8) is 0 Å². The highest BCUT2D eigenvalue weighted by molar-refractivity contribution is 6.31. The van der Waals surface area contributed by atoms with Gasteiger partial charge in [0.05, 0.1) is 6.04 Å². The van der Waals surface area contributed by atoms with Gasteiger partial charge in [0.2, 0.25) is 0 Å². The first-order chi connectivity index (χ1) is 10.7. The van der Waals surface area contributed by atoms with E-state index in [0.717, 1.165) is 23.3 Å². The fraction of sp³-hybridized carbons (Fsp3) is 0.250. The van der Waals surface area contributed by atoms with Gasteiger partial charge in [-0.15, -0.1) is 0 Å². The van der Waals surface area contributed by atoms with E-state index in [1.807, 2.05) is 24.3 Å². The minimum atomic E-state index is -0.226. The van der Waals surface area contributed by atoms with E-state index in [4.69, 9.17) is 16.3 Å². The summed E-state index contributed by atoms with van der Waals surface area (Å²) in [6.45, 7) is 0.954. The lowest BCUT2D eigenvalue weighted by molar-refractivity contribution is 0.232. The van der Waals surface area contributed by atoms with Crippen molar-refractivity contribution in [1.82, 2.24) is 15.6 Å². The number of halogens is 1. The zero-order valence-corrected chi connectivity index (χ0v) is 12.6. The Bertz CT molecular complexity index is 664. The van der Waals surface area contributed by atoms with Crippen LogP contribution in [0, 0.1) is 0 Å². The quantitative estimate of drug-likeness (QED) is 0.911. The summed E-state index contributed by atoms with van der Waals surface area (Å²) in [4.78, 5) is 15.9. The molecular weight excluding hydrogens is 302 g/mol. The molecule has 1 aromatic carbocycles.